The second-order valence-corrected chi connectivity index (χ2v) is 9.18. The molecule has 2 N–H and O–H groups in total. The van der Waals surface area contributed by atoms with Gasteiger partial charge in [0.15, 0.2) is 0 Å². The number of hydrogen-bond acceptors (Lipinski definition) is 4. The summed E-state index contributed by atoms with van der Waals surface area (Å²) in [5.74, 6) is -0.723. The van der Waals surface area contributed by atoms with E-state index in [2.05, 4.69) is 10.6 Å². The van der Waals surface area contributed by atoms with E-state index in [1.54, 1.807) is 27.7 Å². The van der Waals surface area contributed by atoms with E-state index >= 15 is 0 Å². The summed E-state index contributed by atoms with van der Waals surface area (Å²) >= 11 is 0. The van der Waals surface area contributed by atoms with Gasteiger partial charge in [-0.1, -0.05) is 42.0 Å². The van der Waals surface area contributed by atoms with E-state index < -0.39 is 29.7 Å². The van der Waals surface area contributed by atoms with Gasteiger partial charge in [-0.25, -0.2) is 4.79 Å². The highest BCUT2D eigenvalue weighted by Gasteiger charge is 2.37. The molecule has 0 spiro atoms. The largest absolute Gasteiger partial charge is 0.444 e. The monoisotopic (exact) mass is 437 g/mol. The van der Waals surface area contributed by atoms with Crippen LogP contribution in [0.2, 0.25) is 0 Å². The second kappa shape index (κ2) is 9.42. The zero-order valence-corrected chi connectivity index (χ0v) is 19.3. The quantitative estimate of drug-likeness (QED) is 0.762. The van der Waals surface area contributed by atoms with Gasteiger partial charge < -0.3 is 15.4 Å². The molecule has 2 aromatic carbocycles. The summed E-state index contributed by atoms with van der Waals surface area (Å²) in [4.78, 5) is 40.1. The minimum Gasteiger partial charge on any atom is -0.444 e. The molecule has 1 aliphatic rings. The van der Waals surface area contributed by atoms with Gasteiger partial charge in [0.2, 0.25) is 11.8 Å². The predicted octanol–water partition coefficient (Wildman–Crippen LogP) is 3.80. The summed E-state index contributed by atoms with van der Waals surface area (Å²) in [5.41, 5.74) is 3.04. The molecule has 1 heterocycles. The Morgan fingerprint density at radius 3 is 2.28 bits per heavy atom. The van der Waals surface area contributed by atoms with Gasteiger partial charge >= 0.3 is 6.09 Å². The number of carbonyl (C=O) groups excluding carboxylic acids is 3. The molecule has 7 heteroatoms. The standard InChI is InChI=1S/C25H31N3O4/c1-16-10-12-20(13-11-16)27-22(29)17(2)26-23(30)21-14-18-8-6-7-9-19(18)15-28(21)24(31)32-25(3,4)5/h6-13,17,21H,14-15H2,1-5H3,(H,26,30)(H,27,29)/t17-,21-/m0/s1. The molecule has 0 unspecified atom stereocenters. The molecule has 0 radical (unpaired) electrons. The lowest BCUT2D eigenvalue weighted by molar-refractivity contribution is -0.130. The molecule has 0 saturated carbocycles. The Morgan fingerprint density at radius 2 is 1.66 bits per heavy atom. The Hall–Kier alpha value is -3.35. The van der Waals surface area contributed by atoms with Gasteiger partial charge in [-0.15, -0.1) is 0 Å². The first-order chi connectivity index (χ1) is 15.0. The number of carbonyl (C=O) groups is 3. The summed E-state index contributed by atoms with van der Waals surface area (Å²) in [7, 11) is 0. The highest BCUT2D eigenvalue weighted by Crippen LogP contribution is 2.25. The molecule has 0 saturated heterocycles. The van der Waals surface area contributed by atoms with Crippen LogP contribution in [-0.2, 0) is 27.3 Å². The zero-order valence-electron chi connectivity index (χ0n) is 19.3. The summed E-state index contributed by atoms with van der Waals surface area (Å²) in [6.07, 6.45) is -0.197. The molecule has 2 atom stereocenters. The maximum atomic E-state index is 13.2. The Morgan fingerprint density at radius 1 is 1.03 bits per heavy atom. The van der Waals surface area contributed by atoms with Crippen LogP contribution < -0.4 is 10.6 Å². The lowest BCUT2D eigenvalue weighted by atomic mass is 9.93. The van der Waals surface area contributed by atoms with Crippen LogP contribution in [0.3, 0.4) is 0 Å². The SMILES string of the molecule is Cc1ccc(NC(=O)[C@H](C)NC(=O)[C@@H]2Cc3ccccc3CN2C(=O)OC(C)(C)C)cc1. The molecular weight excluding hydrogens is 406 g/mol. The summed E-state index contributed by atoms with van der Waals surface area (Å²) in [6, 6.07) is 13.6. The molecule has 3 amide bonds. The van der Waals surface area contributed by atoms with Gasteiger partial charge in [-0.2, -0.15) is 0 Å². The van der Waals surface area contributed by atoms with Crippen LogP contribution in [0, 0.1) is 6.92 Å². The first-order valence-corrected chi connectivity index (χ1v) is 10.8. The maximum absolute atomic E-state index is 13.2. The third-order valence-electron chi connectivity index (χ3n) is 5.25. The third-order valence-corrected chi connectivity index (χ3v) is 5.25. The van der Waals surface area contributed by atoms with Gasteiger partial charge in [-0.3, -0.25) is 14.5 Å². The molecule has 1 aliphatic heterocycles. The number of fused-ring (bicyclic) bond motifs is 1. The lowest BCUT2D eigenvalue weighted by Gasteiger charge is -2.37. The van der Waals surface area contributed by atoms with Crippen molar-refractivity contribution in [1.29, 1.82) is 0 Å². The fourth-order valence-corrected chi connectivity index (χ4v) is 3.53. The van der Waals surface area contributed by atoms with E-state index in [-0.39, 0.29) is 12.5 Å². The molecule has 0 aliphatic carbocycles. The molecule has 0 fully saturated rings. The maximum Gasteiger partial charge on any atom is 0.411 e. The average Bonchev–Trinajstić information content (AvgIpc) is 2.73. The fourth-order valence-electron chi connectivity index (χ4n) is 3.53. The van der Waals surface area contributed by atoms with E-state index in [1.165, 1.54) is 4.90 Å². The topological polar surface area (TPSA) is 87.7 Å². The number of hydrogen-bond donors (Lipinski definition) is 2. The van der Waals surface area contributed by atoms with Crippen LogP contribution in [-0.4, -0.2) is 40.5 Å². The number of ether oxygens (including phenoxy) is 1. The van der Waals surface area contributed by atoms with E-state index in [4.69, 9.17) is 4.74 Å². The number of amides is 3. The van der Waals surface area contributed by atoms with Crippen LogP contribution in [0.1, 0.15) is 44.4 Å². The Kier molecular flexibility index (Phi) is 6.87. The van der Waals surface area contributed by atoms with Crippen molar-refractivity contribution >= 4 is 23.6 Å². The van der Waals surface area contributed by atoms with Crippen LogP contribution in [0.4, 0.5) is 10.5 Å². The van der Waals surface area contributed by atoms with E-state index in [0.29, 0.717) is 12.1 Å². The van der Waals surface area contributed by atoms with Crippen molar-refractivity contribution in [2.45, 2.75) is 65.3 Å². The van der Waals surface area contributed by atoms with Gasteiger partial charge in [0.25, 0.3) is 0 Å². The smallest absolute Gasteiger partial charge is 0.411 e. The van der Waals surface area contributed by atoms with Gasteiger partial charge in [0.1, 0.15) is 17.7 Å². The minimum absolute atomic E-state index is 0.271. The first kappa shape index (κ1) is 23.3. The highest BCUT2D eigenvalue weighted by atomic mass is 16.6. The van der Waals surface area contributed by atoms with E-state index in [9.17, 15) is 14.4 Å². The first-order valence-electron chi connectivity index (χ1n) is 10.8. The molecule has 2 aromatic rings. The molecule has 0 bridgehead atoms. The highest BCUT2D eigenvalue weighted by molar-refractivity contribution is 5.98. The van der Waals surface area contributed by atoms with Crippen LogP contribution in [0.25, 0.3) is 0 Å². The van der Waals surface area contributed by atoms with Crippen molar-refractivity contribution < 1.29 is 19.1 Å². The predicted molar refractivity (Wildman–Crippen MR) is 123 cm³/mol. The van der Waals surface area contributed by atoms with Crippen molar-refractivity contribution in [3.05, 3.63) is 65.2 Å². The van der Waals surface area contributed by atoms with E-state index in [1.807, 2.05) is 55.5 Å². The molecular formula is C25H31N3O4. The van der Waals surface area contributed by atoms with Crippen molar-refractivity contribution in [3.63, 3.8) is 0 Å². The average molecular weight is 438 g/mol. The summed E-state index contributed by atoms with van der Waals surface area (Å²) in [5, 5.41) is 5.56. The minimum atomic E-state index is -0.776. The Balaban J connectivity index is 1.73. The van der Waals surface area contributed by atoms with Crippen molar-refractivity contribution in [2.75, 3.05) is 5.32 Å². The van der Waals surface area contributed by atoms with Crippen LogP contribution in [0.15, 0.2) is 48.5 Å². The number of nitrogens with zero attached hydrogens (tertiary/aromatic N) is 1. The molecule has 7 nitrogen and oxygen atoms in total. The number of rotatable bonds is 4. The van der Waals surface area contributed by atoms with E-state index in [0.717, 1.165) is 16.7 Å². The summed E-state index contributed by atoms with van der Waals surface area (Å²) in [6.45, 7) is 9.22. The normalized spacial score (nSPS) is 16.5. The number of anilines is 1. The third kappa shape index (κ3) is 5.87. The second-order valence-electron chi connectivity index (χ2n) is 9.18. The van der Waals surface area contributed by atoms with Crippen LogP contribution in [0.5, 0.6) is 0 Å². The molecule has 170 valence electrons. The van der Waals surface area contributed by atoms with Crippen LogP contribution >= 0.6 is 0 Å². The van der Waals surface area contributed by atoms with Gasteiger partial charge in [0.05, 0.1) is 6.54 Å². The van der Waals surface area contributed by atoms with Gasteiger partial charge in [-0.05, 0) is 57.9 Å². The molecule has 32 heavy (non-hydrogen) atoms. The van der Waals surface area contributed by atoms with Crippen molar-refractivity contribution in [3.8, 4) is 0 Å². The van der Waals surface area contributed by atoms with Crippen molar-refractivity contribution in [2.24, 2.45) is 0 Å². The summed E-state index contributed by atoms with van der Waals surface area (Å²) < 4.78 is 5.54. The molecule has 3 rings (SSSR count). The fraction of sp³-hybridized carbons (Fsp3) is 0.400. The lowest BCUT2D eigenvalue weighted by Crippen LogP contribution is -2.56. The Labute approximate surface area is 189 Å². The number of nitrogens with one attached hydrogen (secondary N) is 2. The Bertz CT molecular complexity index is 995. The zero-order chi connectivity index (χ0) is 23.5. The number of aryl methyl sites for hydroxylation is 1. The van der Waals surface area contributed by atoms with Gasteiger partial charge in [0, 0.05) is 12.1 Å². The van der Waals surface area contributed by atoms with Crippen molar-refractivity contribution in [1.82, 2.24) is 10.2 Å². The molecule has 0 aromatic heterocycles. The number of benzene rings is 2.